The van der Waals surface area contributed by atoms with Crippen molar-refractivity contribution >= 4 is 53.3 Å². The van der Waals surface area contributed by atoms with Crippen molar-refractivity contribution in [3.63, 3.8) is 0 Å². The standard InChI is InChI=1S/C29H44N6O4.C24H37ClN6O2.C24H36N6O2/c1-5-38-27-33-24-21-22-13-15-23(16-14-22)25(36)30-18-12-20-35(28(37)39-29(2,3)4)19-11-9-7-6-8-10-17-31-26(32-24)34-27;1-2-33-24-30-21(29-23(31-24)28-16-8-6-4-3-5-7-15-26)18-19-10-12-20(13-11-19)22(32)27-17-9-14-25;1-2-32-24-29-21-18-19-10-12-20(13-11-19)22(31)26-17-9-15-25-14-7-5-3-4-6-8-16-27-23(28-21)30-24/h13-16H,5-12,17-21H2,1-4H3,(H,30,36)(H,31,32,33,34);10-13H,2-9,14-18,26H2,1H3,(H,27,32)(H,28,29,30,31);10-13,25H,2-9,14-18H2,1H3,(H,26,31)(H,27,28,29,30). The molecule has 0 atom stereocenters. The smallest absolute Gasteiger partial charge is 0.410 e. The van der Waals surface area contributed by atoms with Crippen molar-refractivity contribution in [1.82, 2.24) is 71.0 Å². The average Bonchev–Trinajstić information content (AvgIpc) is 0.915. The highest BCUT2D eigenvalue weighted by atomic mass is 35.5. The van der Waals surface area contributed by atoms with Gasteiger partial charge in [-0.3, -0.25) is 14.4 Å². The van der Waals surface area contributed by atoms with Gasteiger partial charge in [0, 0.05) is 94.2 Å². The largest absolute Gasteiger partial charge is 0.464 e. The number of amides is 4. The van der Waals surface area contributed by atoms with Gasteiger partial charge in [0.15, 0.2) is 0 Å². The highest BCUT2D eigenvalue weighted by Gasteiger charge is 2.22. The normalized spacial score (nSPS) is 14.9. The Kier molecular flexibility index (Phi) is 40.5. The first-order valence-corrected chi connectivity index (χ1v) is 38.6. The lowest BCUT2D eigenvalue weighted by molar-refractivity contribution is 0.0244. The number of fused-ring (bicyclic) bond motifs is 32. The molecule has 4 aliphatic heterocycles. The topological polar surface area (TPSA) is 335 Å². The molecule has 10 rings (SSSR count). The van der Waals surface area contributed by atoms with E-state index in [1.807, 2.05) is 102 Å². The van der Waals surface area contributed by atoms with Gasteiger partial charge in [0.25, 0.3) is 17.7 Å². The lowest BCUT2D eigenvalue weighted by Crippen LogP contribution is -2.39. The van der Waals surface area contributed by atoms with E-state index in [9.17, 15) is 19.2 Å². The summed E-state index contributed by atoms with van der Waals surface area (Å²) in [5.74, 6) is 3.72. The molecule has 3 aromatic heterocycles. The number of nitrogens with one attached hydrogen (secondary N) is 7. The molecule has 7 heterocycles. The Bertz CT molecular complexity index is 3410. The van der Waals surface area contributed by atoms with Crippen LogP contribution in [-0.2, 0) is 24.0 Å². The van der Waals surface area contributed by atoms with Crippen LogP contribution in [0.25, 0.3) is 0 Å². The van der Waals surface area contributed by atoms with E-state index in [-0.39, 0.29) is 23.8 Å². The quantitative estimate of drug-likeness (QED) is 0.0245. The maximum absolute atomic E-state index is 12.8. The lowest BCUT2D eigenvalue weighted by Gasteiger charge is -2.27. The first kappa shape index (κ1) is 84.3. The van der Waals surface area contributed by atoms with Crippen LogP contribution in [0.15, 0.2) is 72.8 Å². The summed E-state index contributed by atoms with van der Waals surface area (Å²) in [6, 6.07) is 23.4. The fourth-order valence-electron chi connectivity index (χ4n) is 11.1. The van der Waals surface area contributed by atoms with Gasteiger partial charge < -0.3 is 66.8 Å². The summed E-state index contributed by atoms with van der Waals surface area (Å²) in [5, 5.41) is 22.2. The zero-order chi connectivity index (χ0) is 74.3. The summed E-state index contributed by atoms with van der Waals surface area (Å²) in [6.07, 6.45) is 24.2. The molecule has 0 aliphatic carbocycles. The van der Waals surface area contributed by atoms with E-state index in [1.165, 1.54) is 57.8 Å². The molecule has 0 saturated heterocycles. The molecule has 3 aromatic carbocycles. The molecule has 104 heavy (non-hydrogen) atoms. The molecule has 4 aliphatic rings. The Labute approximate surface area is 621 Å². The van der Waals surface area contributed by atoms with Gasteiger partial charge in [0.1, 0.15) is 23.1 Å². The van der Waals surface area contributed by atoms with Crippen LogP contribution in [0.3, 0.4) is 0 Å². The number of unbranched alkanes of at least 4 members (excludes halogenated alkanes) is 5. The van der Waals surface area contributed by atoms with E-state index in [2.05, 4.69) is 82.1 Å². The van der Waals surface area contributed by atoms with Crippen LogP contribution < -0.4 is 57.2 Å². The van der Waals surface area contributed by atoms with Crippen molar-refractivity contribution in [3.05, 3.63) is 124 Å². The molecule has 0 saturated carbocycles. The van der Waals surface area contributed by atoms with E-state index >= 15 is 0 Å². The van der Waals surface area contributed by atoms with E-state index in [0.29, 0.717) is 154 Å². The van der Waals surface area contributed by atoms with Gasteiger partial charge in [0.05, 0.1) is 19.8 Å². The molecular weight excluding hydrogens is 1340 g/mol. The summed E-state index contributed by atoms with van der Waals surface area (Å²) in [5.41, 5.74) is 9.86. The second-order valence-corrected chi connectivity index (χ2v) is 27.0. The minimum atomic E-state index is -0.544. The SMILES string of the molecule is CCOc1nc(Cc2ccc(C(=O)NCCCCl)cc2)nc(NCCCCCCCCN)n1.CCOc1nc2nc(n1)NCCCCCCCCN(C(=O)OC(C)(C)C)CCCNC(=O)c1ccc(cc1)C2.CCOc1nc2nc(n1)NCCCCCCCCNCCCNC(=O)c1ccc(cc1)C2. The Morgan fingerprint density at radius 1 is 0.510 bits per heavy atom. The van der Waals surface area contributed by atoms with Crippen molar-refractivity contribution < 1.29 is 38.1 Å². The Morgan fingerprint density at radius 2 is 0.990 bits per heavy atom. The minimum absolute atomic E-state index is 0.0415. The molecule has 9 N–H and O–H groups in total. The molecule has 8 bridgehead atoms. The number of hydrogen-bond donors (Lipinski definition) is 8. The van der Waals surface area contributed by atoms with E-state index in [4.69, 9.17) is 36.3 Å². The van der Waals surface area contributed by atoms with Gasteiger partial charge in [-0.15, -0.1) is 11.6 Å². The molecule has 570 valence electrons. The number of nitrogens with two attached hydrogens (primary N) is 1. The monoisotopic (exact) mass is 1460 g/mol. The van der Waals surface area contributed by atoms with Crippen LogP contribution in [-0.4, -0.2) is 177 Å². The minimum Gasteiger partial charge on any atom is -0.464 e. The van der Waals surface area contributed by atoms with Gasteiger partial charge in [0.2, 0.25) is 17.8 Å². The van der Waals surface area contributed by atoms with Crippen molar-refractivity contribution in [1.29, 1.82) is 0 Å². The summed E-state index contributed by atoms with van der Waals surface area (Å²) < 4.78 is 22.2. The zero-order valence-electron chi connectivity index (χ0n) is 62.7. The summed E-state index contributed by atoms with van der Waals surface area (Å²) in [7, 11) is 0. The van der Waals surface area contributed by atoms with Gasteiger partial charge in [-0.25, -0.2) is 4.79 Å². The number of aromatic nitrogens is 9. The van der Waals surface area contributed by atoms with Crippen LogP contribution >= 0.6 is 11.6 Å². The van der Waals surface area contributed by atoms with Crippen LogP contribution in [0.5, 0.6) is 18.0 Å². The van der Waals surface area contributed by atoms with Crippen molar-refractivity contribution in [3.8, 4) is 18.0 Å². The second kappa shape index (κ2) is 49.9. The summed E-state index contributed by atoms with van der Waals surface area (Å²) >= 11 is 5.65. The van der Waals surface area contributed by atoms with Crippen LogP contribution in [0.2, 0.25) is 0 Å². The van der Waals surface area contributed by atoms with Gasteiger partial charge in [-0.2, -0.15) is 44.9 Å². The average molecular weight is 1460 g/mol. The molecule has 6 aromatic rings. The maximum Gasteiger partial charge on any atom is 0.410 e. The number of rotatable bonds is 21. The Balaban J connectivity index is 0.000000246. The van der Waals surface area contributed by atoms with E-state index in [1.54, 1.807) is 17.0 Å². The molecule has 0 fully saturated rings. The Hall–Kier alpha value is -8.62. The fourth-order valence-corrected chi connectivity index (χ4v) is 11.3. The van der Waals surface area contributed by atoms with E-state index < -0.39 is 5.60 Å². The van der Waals surface area contributed by atoms with Gasteiger partial charge in [-0.1, -0.05) is 113 Å². The molecule has 0 spiro atoms. The second-order valence-electron chi connectivity index (χ2n) is 26.7. The number of hydrogen-bond acceptors (Lipinski definition) is 22. The molecule has 4 amide bonds. The number of carbonyl (C=O) groups is 4. The molecule has 0 radical (unpaired) electrons. The van der Waals surface area contributed by atoms with Crippen molar-refractivity contribution in [2.75, 3.05) is 114 Å². The highest BCUT2D eigenvalue weighted by molar-refractivity contribution is 6.17. The number of alkyl halides is 1. The highest BCUT2D eigenvalue weighted by Crippen LogP contribution is 2.20. The number of anilines is 3. The fraction of sp³-hybridized carbons (Fsp3) is 0.597. The number of ether oxygens (including phenoxy) is 4. The number of halogens is 1. The first-order valence-electron chi connectivity index (χ1n) is 38.0. The van der Waals surface area contributed by atoms with Gasteiger partial charge >= 0.3 is 24.1 Å². The lowest BCUT2D eigenvalue weighted by atomic mass is 10.1. The molecule has 0 unspecified atom stereocenters. The third kappa shape index (κ3) is 35.2. The third-order valence-electron chi connectivity index (χ3n) is 16.6. The predicted molar refractivity (Wildman–Crippen MR) is 411 cm³/mol. The first-order chi connectivity index (χ1) is 50.6. The van der Waals surface area contributed by atoms with Crippen molar-refractivity contribution in [2.45, 2.75) is 201 Å². The van der Waals surface area contributed by atoms with Crippen molar-refractivity contribution in [2.24, 2.45) is 5.73 Å². The number of carbonyl (C=O) groups excluding carboxylic acids is 4. The maximum atomic E-state index is 12.8. The molecule has 27 heteroatoms. The zero-order valence-corrected chi connectivity index (χ0v) is 63.5. The van der Waals surface area contributed by atoms with Crippen LogP contribution in [0.4, 0.5) is 22.6 Å². The van der Waals surface area contributed by atoms with Gasteiger partial charge in [-0.05, 0) is 172 Å². The summed E-state index contributed by atoms with van der Waals surface area (Å²) in [4.78, 5) is 91.9. The van der Waals surface area contributed by atoms with Crippen LogP contribution in [0, 0.1) is 0 Å². The predicted octanol–water partition coefficient (Wildman–Crippen LogP) is 12.3. The van der Waals surface area contributed by atoms with E-state index in [0.717, 1.165) is 127 Å². The molecular formula is C77H117ClN18O8. The Morgan fingerprint density at radius 3 is 1.53 bits per heavy atom. The number of benzene rings is 3. The molecule has 26 nitrogen and oxygen atoms in total. The summed E-state index contributed by atoms with van der Waals surface area (Å²) in [6.45, 7) is 20.9. The number of nitrogens with zero attached hydrogens (tertiary/aromatic N) is 10. The van der Waals surface area contributed by atoms with Crippen LogP contribution in [0.1, 0.15) is 242 Å². The third-order valence-corrected chi connectivity index (χ3v) is 16.9.